The quantitative estimate of drug-likeness (QED) is 0.363. The molecule has 0 aliphatic carbocycles. The van der Waals surface area contributed by atoms with Crippen molar-refractivity contribution in [2.24, 2.45) is 0 Å². The van der Waals surface area contributed by atoms with Gasteiger partial charge in [-0.2, -0.15) is 0 Å². The van der Waals surface area contributed by atoms with Crippen molar-refractivity contribution in [3.63, 3.8) is 0 Å². The number of esters is 1. The summed E-state index contributed by atoms with van der Waals surface area (Å²) in [5.41, 5.74) is 1.38. The number of benzene rings is 2. The number of nitrogens with one attached hydrogen (secondary N) is 1. The van der Waals surface area contributed by atoms with Crippen molar-refractivity contribution in [2.45, 2.75) is 11.3 Å². The van der Waals surface area contributed by atoms with Gasteiger partial charge in [-0.25, -0.2) is 17.9 Å². The van der Waals surface area contributed by atoms with E-state index in [0.717, 1.165) is 0 Å². The summed E-state index contributed by atoms with van der Waals surface area (Å²) in [5, 5.41) is 8.56. The molecule has 0 radical (unpaired) electrons. The van der Waals surface area contributed by atoms with E-state index >= 15 is 0 Å². The number of carbonyl (C=O) groups excluding carboxylic acids is 2. The van der Waals surface area contributed by atoms with Gasteiger partial charge in [-0.15, -0.1) is 0 Å². The molecular formula is C20H19NO7S. The molecule has 0 saturated heterocycles. The summed E-state index contributed by atoms with van der Waals surface area (Å²) in [6, 6.07) is 11.8. The van der Waals surface area contributed by atoms with E-state index in [0.29, 0.717) is 11.1 Å². The summed E-state index contributed by atoms with van der Waals surface area (Å²) in [6.45, 7) is -0.226. The molecule has 2 N–H and O–H groups in total. The van der Waals surface area contributed by atoms with E-state index in [4.69, 9.17) is 5.11 Å². The predicted molar refractivity (Wildman–Crippen MR) is 105 cm³/mol. The highest BCUT2D eigenvalue weighted by Crippen LogP contribution is 2.13. The Morgan fingerprint density at radius 1 is 1.00 bits per heavy atom. The Labute approximate surface area is 167 Å². The van der Waals surface area contributed by atoms with E-state index in [1.54, 1.807) is 30.3 Å². The van der Waals surface area contributed by atoms with Gasteiger partial charge >= 0.3 is 11.9 Å². The Balaban J connectivity index is 2.03. The number of ether oxygens (including phenoxy) is 1. The van der Waals surface area contributed by atoms with Crippen molar-refractivity contribution >= 4 is 33.8 Å². The Morgan fingerprint density at radius 2 is 1.59 bits per heavy atom. The van der Waals surface area contributed by atoms with Gasteiger partial charge in [0.05, 0.1) is 24.0 Å². The first-order chi connectivity index (χ1) is 13.7. The zero-order valence-corrected chi connectivity index (χ0v) is 16.3. The lowest BCUT2D eigenvalue weighted by Gasteiger charge is -2.06. The van der Waals surface area contributed by atoms with Crippen molar-refractivity contribution in [3.05, 3.63) is 71.3 Å². The molecule has 0 heterocycles. The molecule has 0 bridgehead atoms. The molecule has 152 valence electrons. The van der Waals surface area contributed by atoms with Gasteiger partial charge in [0, 0.05) is 12.1 Å². The summed E-state index contributed by atoms with van der Waals surface area (Å²) >= 11 is 0. The normalized spacial score (nSPS) is 11.3. The van der Waals surface area contributed by atoms with Gasteiger partial charge in [-0.1, -0.05) is 18.2 Å². The molecule has 0 saturated carbocycles. The van der Waals surface area contributed by atoms with Gasteiger partial charge in [0.25, 0.3) is 0 Å². The number of allylic oxidation sites excluding steroid dienone is 1. The maximum absolute atomic E-state index is 12.3. The number of carboxylic acids is 1. The number of sulfonamides is 1. The summed E-state index contributed by atoms with van der Waals surface area (Å²) in [7, 11) is -2.56. The molecule has 2 aromatic carbocycles. The summed E-state index contributed by atoms with van der Waals surface area (Å²) in [5.74, 6) is -1.89. The zero-order chi connectivity index (χ0) is 21.4. The van der Waals surface area contributed by atoms with Gasteiger partial charge in [0.1, 0.15) is 0 Å². The standard InChI is InChI=1S/C20H19NO7S/c1-28-20(25)16-5-2-14(3-6-16)4-11-18(22)15-7-9-17(10-8-15)29(26,27)21-13-12-19(23)24/h2-11,21H,12-13H2,1H3,(H,23,24)/b11-4+. The molecular weight excluding hydrogens is 398 g/mol. The van der Waals surface area contributed by atoms with Crippen LogP contribution in [-0.4, -0.2) is 44.9 Å². The molecule has 0 atom stereocenters. The van der Waals surface area contributed by atoms with Gasteiger partial charge in [-0.3, -0.25) is 9.59 Å². The van der Waals surface area contributed by atoms with Crippen LogP contribution in [0.5, 0.6) is 0 Å². The van der Waals surface area contributed by atoms with Crippen molar-refractivity contribution in [2.75, 3.05) is 13.7 Å². The van der Waals surface area contributed by atoms with Crippen LogP contribution in [0, 0.1) is 0 Å². The number of carbonyl (C=O) groups is 3. The van der Waals surface area contributed by atoms with Crippen LogP contribution < -0.4 is 4.72 Å². The molecule has 2 rings (SSSR count). The third-order valence-electron chi connectivity index (χ3n) is 3.84. The van der Waals surface area contributed by atoms with Gasteiger partial charge < -0.3 is 9.84 Å². The lowest BCUT2D eigenvalue weighted by molar-refractivity contribution is -0.136. The molecule has 2 aromatic rings. The third-order valence-corrected chi connectivity index (χ3v) is 5.32. The van der Waals surface area contributed by atoms with E-state index in [2.05, 4.69) is 9.46 Å². The molecule has 0 aliphatic rings. The second-order valence-corrected chi connectivity index (χ2v) is 7.64. The lowest BCUT2D eigenvalue weighted by atomic mass is 10.1. The largest absolute Gasteiger partial charge is 0.481 e. The molecule has 0 aromatic heterocycles. The van der Waals surface area contributed by atoms with Gasteiger partial charge in [0.15, 0.2) is 5.78 Å². The Hall–Kier alpha value is -3.30. The second kappa shape index (κ2) is 9.76. The van der Waals surface area contributed by atoms with Crippen LogP contribution in [-0.2, 0) is 19.6 Å². The van der Waals surface area contributed by atoms with Crippen LogP contribution >= 0.6 is 0 Å². The van der Waals surface area contributed by atoms with Gasteiger partial charge in [-0.05, 0) is 48.0 Å². The van der Waals surface area contributed by atoms with Crippen LogP contribution in [0.15, 0.2) is 59.5 Å². The number of hydrogen-bond donors (Lipinski definition) is 2. The highest BCUT2D eigenvalue weighted by atomic mass is 32.2. The number of ketones is 1. The molecule has 0 spiro atoms. The lowest BCUT2D eigenvalue weighted by Crippen LogP contribution is -2.26. The summed E-state index contributed by atoms with van der Waals surface area (Å²) < 4.78 is 30.9. The zero-order valence-electron chi connectivity index (χ0n) is 15.5. The SMILES string of the molecule is COC(=O)c1ccc(/C=C/C(=O)c2ccc(S(=O)(=O)NCCC(=O)O)cc2)cc1. The Morgan fingerprint density at radius 3 is 2.14 bits per heavy atom. The highest BCUT2D eigenvalue weighted by Gasteiger charge is 2.14. The van der Waals surface area contributed by atoms with E-state index in [-0.39, 0.29) is 29.2 Å². The number of rotatable bonds is 9. The monoisotopic (exact) mass is 417 g/mol. The fourth-order valence-electron chi connectivity index (χ4n) is 2.29. The first-order valence-electron chi connectivity index (χ1n) is 8.45. The number of carboxylic acid groups (broad SMARTS) is 1. The highest BCUT2D eigenvalue weighted by molar-refractivity contribution is 7.89. The molecule has 9 heteroatoms. The van der Waals surface area contributed by atoms with E-state index in [1.807, 2.05) is 0 Å². The fraction of sp³-hybridized carbons (Fsp3) is 0.150. The first-order valence-corrected chi connectivity index (χ1v) is 9.93. The molecule has 0 fully saturated rings. The predicted octanol–water partition coefficient (Wildman–Crippen LogP) is 2.12. The Bertz CT molecular complexity index is 1020. The number of aliphatic carboxylic acids is 1. The smallest absolute Gasteiger partial charge is 0.337 e. The summed E-state index contributed by atoms with van der Waals surface area (Å²) in [6.07, 6.45) is 2.57. The van der Waals surface area contributed by atoms with Crippen LogP contribution in [0.3, 0.4) is 0 Å². The van der Waals surface area contributed by atoms with Crippen LogP contribution in [0.25, 0.3) is 6.08 Å². The fourth-order valence-corrected chi connectivity index (χ4v) is 3.32. The number of methoxy groups -OCH3 is 1. The van der Waals surface area contributed by atoms with Crippen LogP contribution in [0.2, 0.25) is 0 Å². The topological polar surface area (TPSA) is 127 Å². The maximum Gasteiger partial charge on any atom is 0.337 e. The van der Waals surface area contributed by atoms with E-state index in [9.17, 15) is 22.8 Å². The molecule has 8 nitrogen and oxygen atoms in total. The average Bonchev–Trinajstić information content (AvgIpc) is 2.71. The Kier molecular flexibility index (Phi) is 7.40. The second-order valence-electron chi connectivity index (χ2n) is 5.88. The third kappa shape index (κ3) is 6.37. The molecule has 0 aliphatic heterocycles. The molecule has 0 unspecified atom stereocenters. The van der Waals surface area contributed by atoms with Gasteiger partial charge in [0.2, 0.25) is 10.0 Å². The minimum atomic E-state index is -3.85. The van der Waals surface area contributed by atoms with Crippen LogP contribution in [0.4, 0.5) is 0 Å². The minimum absolute atomic E-state index is 0.0678. The molecule has 29 heavy (non-hydrogen) atoms. The molecule has 0 amide bonds. The maximum atomic E-state index is 12.3. The van der Waals surface area contributed by atoms with Crippen molar-refractivity contribution in [3.8, 4) is 0 Å². The minimum Gasteiger partial charge on any atom is -0.481 e. The van der Waals surface area contributed by atoms with Crippen molar-refractivity contribution < 1.29 is 32.6 Å². The average molecular weight is 417 g/mol. The van der Waals surface area contributed by atoms with E-state index in [1.165, 1.54) is 37.5 Å². The van der Waals surface area contributed by atoms with E-state index < -0.39 is 22.0 Å². The number of hydrogen-bond acceptors (Lipinski definition) is 6. The summed E-state index contributed by atoms with van der Waals surface area (Å²) in [4.78, 5) is 34.0. The first kappa shape index (κ1) is 22.0. The van der Waals surface area contributed by atoms with Crippen molar-refractivity contribution in [1.29, 1.82) is 0 Å². The van der Waals surface area contributed by atoms with Crippen molar-refractivity contribution in [1.82, 2.24) is 4.72 Å². The van der Waals surface area contributed by atoms with Crippen LogP contribution in [0.1, 0.15) is 32.7 Å².